The maximum atomic E-state index is 14.3. The van der Waals surface area contributed by atoms with Gasteiger partial charge in [-0.25, -0.2) is 4.39 Å². The molecule has 0 fully saturated rings. The largest absolute Gasteiger partial charge is 0.360 e. The van der Waals surface area contributed by atoms with Crippen molar-refractivity contribution in [3.8, 4) is 11.3 Å². The summed E-state index contributed by atoms with van der Waals surface area (Å²) >= 11 is 6.16. The highest BCUT2D eigenvalue weighted by atomic mass is 35.5. The summed E-state index contributed by atoms with van der Waals surface area (Å²) in [6.45, 7) is 1.63. The Bertz CT molecular complexity index is 995. The quantitative estimate of drug-likeness (QED) is 0.671. The Morgan fingerprint density at radius 3 is 2.89 bits per heavy atom. The fourth-order valence-electron chi connectivity index (χ4n) is 3.67. The number of nitrogens with one attached hydrogen (secondary N) is 1. The lowest BCUT2D eigenvalue weighted by Gasteiger charge is -2.26. The van der Waals surface area contributed by atoms with Crippen LogP contribution in [0.5, 0.6) is 0 Å². The number of hydrogen-bond acceptors (Lipinski definition) is 3. The van der Waals surface area contributed by atoms with E-state index in [9.17, 15) is 9.18 Å². The molecule has 3 aromatic rings. The topological polar surface area (TPSA) is 55.1 Å². The highest BCUT2D eigenvalue weighted by Crippen LogP contribution is 2.35. The SMILES string of the molecule is Cc1onc(-c2c(F)cccc2Cl)c1C(=O)N[C@H]1CCCc2ccccc21. The second-order valence-corrected chi connectivity index (χ2v) is 7.08. The molecule has 1 amide bonds. The zero-order valence-corrected chi connectivity index (χ0v) is 15.5. The first-order valence-corrected chi connectivity index (χ1v) is 9.23. The van der Waals surface area contributed by atoms with E-state index in [4.69, 9.17) is 16.1 Å². The Hall–Kier alpha value is -2.66. The van der Waals surface area contributed by atoms with Crippen molar-refractivity contribution < 1.29 is 13.7 Å². The van der Waals surface area contributed by atoms with Crippen LogP contribution < -0.4 is 5.32 Å². The lowest BCUT2D eigenvalue weighted by Crippen LogP contribution is -2.31. The first kappa shape index (κ1) is 17.7. The van der Waals surface area contributed by atoms with E-state index < -0.39 is 5.82 Å². The summed E-state index contributed by atoms with van der Waals surface area (Å²) in [5, 5.41) is 7.15. The number of rotatable bonds is 3. The van der Waals surface area contributed by atoms with Crippen molar-refractivity contribution >= 4 is 17.5 Å². The fourth-order valence-corrected chi connectivity index (χ4v) is 3.92. The van der Waals surface area contributed by atoms with E-state index in [1.54, 1.807) is 13.0 Å². The molecular weight excluding hydrogens is 367 g/mol. The summed E-state index contributed by atoms with van der Waals surface area (Å²) in [5.74, 6) is -0.566. The molecule has 1 aliphatic rings. The number of hydrogen-bond donors (Lipinski definition) is 1. The highest BCUT2D eigenvalue weighted by Gasteiger charge is 2.28. The second-order valence-electron chi connectivity index (χ2n) is 6.68. The molecule has 0 bridgehead atoms. The Balaban J connectivity index is 1.70. The predicted molar refractivity (Wildman–Crippen MR) is 101 cm³/mol. The minimum atomic E-state index is -0.548. The van der Waals surface area contributed by atoms with Gasteiger partial charge in [-0.05, 0) is 49.4 Å². The fraction of sp³-hybridized carbons (Fsp3) is 0.238. The van der Waals surface area contributed by atoms with Crippen molar-refractivity contribution in [2.45, 2.75) is 32.2 Å². The standard InChI is InChI=1S/C21H18ClFN2O2/c1-12-18(20(25-27-12)19-15(22)9-5-10-16(19)23)21(26)24-17-11-4-7-13-6-2-3-8-14(13)17/h2-3,5-6,8-10,17H,4,7,11H2,1H3,(H,24,26)/t17-/m0/s1. The molecule has 4 nitrogen and oxygen atoms in total. The van der Waals surface area contributed by atoms with Crippen molar-refractivity contribution in [1.82, 2.24) is 10.5 Å². The average Bonchev–Trinajstić information content (AvgIpc) is 3.03. The van der Waals surface area contributed by atoms with Crippen LogP contribution in [0.3, 0.4) is 0 Å². The molecule has 1 aliphatic carbocycles. The number of carbonyl (C=O) groups is 1. The van der Waals surface area contributed by atoms with Gasteiger partial charge in [0.05, 0.1) is 16.6 Å². The zero-order chi connectivity index (χ0) is 19.0. The molecule has 27 heavy (non-hydrogen) atoms. The maximum absolute atomic E-state index is 14.3. The van der Waals surface area contributed by atoms with Gasteiger partial charge in [0, 0.05) is 0 Å². The van der Waals surface area contributed by atoms with Gasteiger partial charge in [0.25, 0.3) is 5.91 Å². The number of halogens is 2. The van der Waals surface area contributed by atoms with E-state index in [-0.39, 0.29) is 33.8 Å². The van der Waals surface area contributed by atoms with Gasteiger partial charge in [0.1, 0.15) is 22.8 Å². The normalized spacial score (nSPS) is 16.0. The van der Waals surface area contributed by atoms with Gasteiger partial charge < -0.3 is 9.84 Å². The van der Waals surface area contributed by atoms with Crippen LogP contribution in [0.4, 0.5) is 4.39 Å². The molecule has 0 saturated heterocycles. The van der Waals surface area contributed by atoms with E-state index in [0.717, 1.165) is 24.8 Å². The number of benzene rings is 2. The van der Waals surface area contributed by atoms with Gasteiger partial charge >= 0.3 is 0 Å². The molecule has 0 unspecified atom stereocenters. The van der Waals surface area contributed by atoms with Gasteiger partial charge in [-0.15, -0.1) is 0 Å². The first-order valence-electron chi connectivity index (χ1n) is 8.85. The summed E-state index contributed by atoms with van der Waals surface area (Å²) in [5.41, 5.74) is 2.78. The van der Waals surface area contributed by atoms with Crippen molar-refractivity contribution in [3.05, 3.63) is 75.8 Å². The molecule has 0 aliphatic heterocycles. The third-order valence-corrected chi connectivity index (χ3v) is 5.28. The third kappa shape index (κ3) is 3.23. The first-order chi connectivity index (χ1) is 13.1. The van der Waals surface area contributed by atoms with E-state index >= 15 is 0 Å². The van der Waals surface area contributed by atoms with E-state index in [2.05, 4.69) is 16.5 Å². The Labute approximate surface area is 161 Å². The lowest BCUT2D eigenvalue weighted by molar-refractivity contribution is 0.0932. The minimum absolute atomic E-state index is 0.0743. The smallest absolute Gasteiger partial charge is 0.257 e. The van der Waals surface area contributed by atoms with Crippen LogP contribution >= 0.6 is 11.6 Å². The molecule has 138 valence electrons. The van der Waals surface area contributed by atoms with E-state index in [1.807, 2.05) is 18.2 Å². The molecule has 1 N–H and O–H groups in total. The van der Waals surface area contributed by atoms with Gasteiger partial charge in [0.15, 0.2) is 0 Å². The van der Waals surface area contributed by atoms with E-state index in [0.29, 0.717) is 5.76 Å². The molecule has 0 saturated carbocycles. The lowest BCUT2D eigenvalue weighted by atomic mass is 9.87. The number of carbonyl (C=O) groups excluding carboxylic acids is 1. The number of nitrogens with zero attached hydrogens (tertiary/aromatic N) is 1. The minimum Gasteiger partial charge on any atom is -0.360 e. The van der Waals surface area contributed by atoms with E-state index in [1.165, 1.54) is 17.7 Å². The van der Waals surface area contributed by atoms with Crippen LogP contribution in [0.1, 0.15) is 46.1 Å². The van der Waals surface area contributed by atoms with Crippen LogP contribution in [0, 0.1) is 12.7 Å². The van der Waals surface area contributed by atoms with Crippen LogP contribution in [-0.4, -0.2) is 11.1 Å². The molecule has 1 atom stereocenters. The third-order valence-electron chi connectivity index (χ3n) is 4.96. The monoisotopic (exact) mass is 384 g/mol. The highest BCUT2D eigenvalue weighted by molar-refractivity contribution is 6.33. The Morgan fingerprint density at radius 2 is 2.07 bits per heavy atom. The number of aromatic nitrogens is 1. The van der Waals surface area contributed by atoms with Crippen molar-refractivity contribution in [3.63, 3.8) is 0 Å². The molecule has 1 heterocycles. The summed E-state index contributed by atoms with van der Waals surface area (Å²) in [7, 11) is 0. The molecular formula is C21H18ClFN2O2. The van der Waals surface area contributed by atoms with Crippen LogP contribution in [0.25, 0.3) is 11.3 Å². The number of aryl methyl sites for hydroxylation is 2. The Kier molecular flexibility index (Phi) is 4.70. The summed E-state index contributed by atoms with van der Waals surface area (Å²) in [6.07, 6.45) is 2.85. The molecule has 4 rings (SSSR count). The van der Waals surface area contributed by atoms with Crippen molar-refractivity contribution in [2.75, 3.05) is 0 Å². The zero-order valence-electron chi connectivity index (χ0n) is 14.8. The average molecular weight is 385 g/mol. The van der Waals surface area contributed by atoms with Gasteiger partial charge in [-0.1, -0.05) is 47.1 Å². The van der Waals surface area contributed by atoms with Crippen molar-refractivity contribution in [1.29, 1.82) is 0 Å². The van der Waals surface area contributed by atoms with Crippen LogP contribution in [-0.2, 0) is 6.42 Å². The van der Waals surface area contributed by atoms with Gasteiger partial charge in [-0.2, -0.15) is 0 Å². The molecule has 2 aromatic carbocycles. The Morgan fingerprint density at radius 1 is 1.26 bits per heavy atom. The molecule has 0 spiro atoms. The number of amides is 1. The molecule has 0 radical (unpaired) electrons. The number of fused-ring (bicyclic) bond motifs is 1. The van der Waals surface area contributed by atoms with Gasteiger partial charge in [-0.3, -0.25) is 4.79 Å². The predicted octanol–water partition coefficient (Wildman–Crippen LogP) is 5.25. The summed E-state index contributed by atoms with van der Waals surface area (Å²) < 4.78 is 19.6. The molecule has 6 heteroatoms. The van der Waals surface area contributed by atoms with Crippen LogP contribution in [0.2, 0.25) is 5.02 Å². The summed E-state index contributed by atoms with van der Waals surface area (Å²) in [6, 6.07) is 12.3. The van der Waals surface area contributed by atoms with Gasteiger partial charge in [0.2, 0.25) is 0 Å². The summed E-state index contributed by atoms with van der Waals surface area (Å²) in [4.78, 5) is 13.0. The maximum Gasteiger partial charge on any atom is 0.257 e. The molecule has 1 aromatic heterocycles. The second kappa shape index (κ2) is 7.16. The van der Waals surface area contributed by atoms with Crippen molar-refractivity contribution in [2.24, 2.45) is 0 Å². The van der Waals surface area contributed by atoms with Crippen LogP contribution in [0.15, 0.2) is 47.0 Å².